The molecule has 6 heteroatoms. The number of carbonyl (C=O) groups is 2. The average molecular weight is 281 g/mol. The van der Waals surface area contributed by atoms with Crippen LogP contribution in [0.2, 0.25) is 0 Å². The SMILES string of the molecule is O=C(O)[C@@H]1CCCN1C(=O)CCOc1ccc(F)cc1. The topological polar surface area (TPSA) is 66.8 Å². The van der Waals surface area contributed by atoms with Gasteiger partial charge in [-0.05, 0) is 37.1 Å². The van der Waals surface area contributed by atoms with Crippen LogP contribution >= 0.6 is 0 Å². The summed E-state index contributed by atoms with van der Waals surface area (Å²) in [6.45, 7) is 0.625. The number of rotatable bonds is 5. The summed E-state index contributed by atoms with van der Waals surface area (Å²) in [5.74, 6) is -1.06. The van der Waals surface area contributed by atoms with Crippen molar-refractivity contribution < 1.29 is 23.8 Å². The lowest BCUT2D eigenvalue weighted by molar-refractivity contribution is -0.148. The molecule has 0 aliphatic carbocycles. The van der Waals surface area contributed by atoms with Crippen molar-refractivity contribution in [3.05, 3.63) is 30.1 Å². The van der Waals surface area contributed by atoms with Gasteiger partial charge in [0.2, 0.25) is 5.91 Å². The van der Waals surface area contributed by atoms with Gasteiger partial charge >= 0.3 is 5.97 Å². The van der Waals surface area contributed by atoms with Crippen LogP contribution in [0.15, 0.2) is 24.3 Å². The van der Waals surface area contributed by atoms with Crippen LogP contribution in [-0.4, -0.2) is 41.1 Å². The summed E-state index contributed by atoms with van der Waals surface area (Å²) in [6, 6.07) is 4.80. The number of hydrogen-bond donors (Lipinski definition) is 1. The minimum absolute atomic E-state index is 0.112. The van der Waals surface area contributed by atoms with E-state index in [0.717, 1.165) is 0 Å². The van der Waals surface area contributed by atoms with E-state index in [9.17, 15) is 14.0 Å². The standard InChI is InChI=1S/C14H16FNO4/c15-10-3-5-11(6-4-10)20-9-7-13(17)16-8-1-2-12(16)14(18)19/h3-6,12H,1-2,7-9H2,(H,18,19)/t12-/m0/s1. The summed E-state index contributed by atoms with van der Waals surface area (Å²) in [5.41, 5.74) is 0. The van der Waals surface area contributed by atoms with Crippen LogP contribution < -0.4 is 4.74 Å². The van der Waals surface area contributed by atoms with Gasteiger partial charge in [0.15, 0.2) is 0 Å². The smallest absolute Gasteiger partial charge is 0.326 e. The summed E-state index contributed by atoms with van der Waals surface area (Å²) in [5, 5.41) is 9.00. The van der Waals surface area contributed by atoms with Gasteiger partial charge < -0.3 is 14.7 Å². The first-order valence-corrected chi connectivity index (χ1v) is 6.48. The molecule has 1 fully saturated rings. The van der Waals surface area contributed by atoms with Crippen LogP contribution in [0.25, 0.3) is 0 Å². The van der Waals surface area contributed by atoms with Gasteiger partial charge in [-0.3, -0.25) is 4.79 Å². The Hall–Kier alpha value is -2.11. The number of amides is 1. The fourth-order valence-electron chi connectivity index (χ4n) is 2.25. The second-order valence-corrected chi connectivity index (χ2v) is 4.64. The highest BCUT2D eigenvalue weighted by Gasteiger charge is 2.33. The van der Waals surface area contributed by atoms with Gasteiger partial charge in [-0.1, -0.05) is 0 Å². The van der Waals surface area contributed by atoms with E-state index in [1.54, 1.807) is 0 Å². The molecule has 1 aromatic carbocycles. The van der Waals surface area contributed by atoms with E-state index < -0.39 is 12.0 Å². The maximum Gasteiger partial charge on any atom is 0.326 e. The average Bonchev–Trinajstić information content (AvgIpc) is 2.90. The summed E-state index contributed by atoms with van der Waals surface area (Å²) in [6.07, 6.45) is 1.32. The zero-order valence-corrected chi connectivity index (χ0v) is 10.9. The Balaban J connectivity index is 1.80. The largest absolute Gasteiger partial charge is 0.493 e. The molecule has 1 saturated heterocycles. The molecular weight excluding hydrogens is 265 g/mol. The zero-order valence-electron chi connectivity index (χ0n) is 10.9. The van der Waals surface area contributed by atoms with Crippen molar-refractivity contribution in [2.24, 2.45) is 0 Å². The van der Waals surface area contributed by atoms with Gasteiger partial charge in [-0.2, -0.15) is 0 Å². The van der Waals surface area contributed by atoms with E-state index in [2.05, 4.69) is 0 Å². The van der Waals surface area contributed by atoms with Crippen LogP contribution in [0.3, 0.4) is 0 Å². The van der Waals surface area contributed by atoms with E-state index in [0.29, 0.717) is 25.1 Å². The Kier molecular flexibility index (Phi) is 4.55. The van der Waals surface area contributed by atoms with Crippen molar-refractivity contribution in [2.75, 3.05) is 13.2 Å². The number of aliphatic carboxylic acids is 1. The van der Waals surface area contributed by atoms with Crippen molar-refractivity contribution in [3.63, 3.8) is 0 Å². The third kappa shape index (κ3) is 3.46. The van der Waals surface area contributed by atoms with E-state index in [1.807, 2.05) is 0 Å². The molecule has 1 atom stereocenters. The molecule has 0 aromatic heterocycles. The van der Waals surface area contributed by atoms with Crippen molar-refractivity contribution in [1.82, 2.24) is 4.90 Å². The van der Waals surface area contributed by atoms with Crippen LogP contribution in [0.5, 0.6) is 5.75 Å². The Morgan fingerprint density at radius 1 is 1.35 bits per heavy atom. The van der Waals surface area contributed by atoms with E-state index >= 15 is 0 Å². The molecule has 0 unspecified atom stereocenters. The molecule has 0 saturated carbocycles. The van der Waals surface area contributed by atoms with Crippen LogP contribution in [0.4, 0.5) is 4.39 Å². The third-order valence-corrected chi connectivity index (χ3v) is 3.26. The number of nitrogens with zero attached hydrogens (tertiary/aromatic N) is 1. The third-order valence-electron chi connectivity index (χ3n) is 3.26. The number of likely N-dealkylation sites (tertiary alicyclic amines) is 1. The Morgan fingerprint density at radius 3 is 2.70 bits per heavy atom. The van der Waals surface area contributed by atoms with Gasteiger partial charge in [0.05, 0.1) is 13.0 Å². The van der Waals surface area contributed by atoms with Gasteiger partial charge in [-0.25, -0.2) is 9.18 Å². The molecule has 1 amide bonds. The first-order chi connectivity index (χ1) is 9.58. The highest BCUT2D eigenvalue weighted by molar-refractivity contribution is 5.84. The van der Waals surface area contributed by atoms with Crippen molar-refractivity contribution >= 4 is 11.9 Å². The summed E-state index contributed by atoms with van der Waals surface area (Å²) in [7, 11) is 0. The van der Waals surface area contributed by atoms with Crippen LogP contribution in [-0.2, 0) is 9.59 Å². The van der Waals surface area contributed by atoms with Crippen molar-refractivity contribution in [3.8, 4) is 5.75 Å². The van der Waals surface area contributed by atoms with Gasteiger partial charge in [0.25, 0.3) is 0 Å². The highest BCUT2D eigenvalue weighted by Crippen LogP contribution is 2.18. The number of hydrogen-bond acceptors (Lipinski definition) is 3. The minimum atomic E-state index is -0.963. The molecule has 1 N–H and O–H groups in total. The monoisotopic (exact) mass is 281 g/mol. The van der Waals surface area contributed by atoms with Gasteiger partial charge in [0.1, 0.15) is 17.6 Å². The molecule has 0 radical (unpaired) electrons. The van der Waals surface area contributed by atoms with Crippen LogP contribution in [0, 0.1) is 5.82 Å². The fraction of sp³-hybridized carbons (Fsp3) is 0.429. The summed E-state index contributed by atoms with van der Waals surface area (Å²) in [4.78, 5) is 24.3. The number of carboxylic acids is 1. The molecule has 1 aliphatic heterocycles. The van der Waals surface area contributed by atoms with Crippen LogP contribution in [0.1, 0.15) is 19.3 Å². The fourth-order valence-corrected chi connectivity index (χ4v) is 2.25. The van der Waals surface area contributed by atoms with Gasteiger partial charge in [0, 0.05) is 6.54 Å². The number of ether oxygens (including phenoxy) is 1. The quantitative estimate of drug-likeness (QED) is 0.891. The molecule has 108 valence electrons. The molecule has 5 nitrogen and oxygen atoms in total. The summed E-state index contributed by atoms with van der Waals surface area (Å²) < 4.78 is 18.0. The number of carboxylic acid groups (broad SMARTS) is 1. The summed E-state index contributed by atoms with van der Waals surface area (Å²) >= 11 is 0. The zero-order chi connectivity index (χ0) is 14.5. The minimum Gasteiger partial charge on any atom is -0.493 e. The molecular formula is C14H16FNO4. The Bertz CT molecular complexity index is 488. The predicted molar refractivity (Wildman–Crippen MR) is 68.9 cm³/mol. The normalized spacial score (nSPS) is 18.1. The van der Waals surface area contributed by atoms with Crippen molar-refractivity contribution in [1.29, 1.82) is 0 Å². The second-order valence-electron chi connectivity index (χ2n) is 4.64. The first-order valence-electron chi connectivity index (χ1n) is 6.48. The molecule has 0 bridgehead atoms. The maximum atomic E-state index is 12.7. The highest BCUT2D eigenvalue weighted by atomic mass is 19.1. The first kappa shape index (κ1) is 14.3. The number of halogens is 1. The maximum absolute atomic E-state index is 12.7. The van der Waals surface area contributed by atoms with Gasteiger partial charge in [-0.15, -0.1) is 0 Å². The van der Waals surface area contributed by atoms with E-state index in [4.69, 9.17) is 9.84 Å². The molecule has 1 aliphatic rings. The second kappa shape index (κ2) is 6.36. The lowest BCUT2D eigenvalue weighted by Gasteiger charge is -2.21. The van der Waals surface area contributed by atoms with E-state index in [-0.39, 0.29) is 24.8 Å². The molecule has 20 heavy (non-hydrogen) atoms. The lowest BCUT2D eigenvalue weighted by Crippen LogP contribution is -2.40. The Labute approximate surface area is 116 Å². The van der Waals surface area contributed by atoms with Crippen molar-refractivity contribution in [2.45, 2.75) is 25.3 Å². The van der Waals surface area contributed by atoms with E-state index in [1.165, 1.54) is 29.2 Å². The number of carbonyl (C=O) groups excluding carboxylic acids is 1. The molecule has 1 heterocycles. The molecule has 1 aromatic rings. The molecule has 2 rings (SSSR count). The lowest BCUT2D eigenvalue weighted by atomic mass is 10.2. The number of benzene rings is 1. The Morgan fingerprint density at radius 2 is 2.05 bits per heavy atom. The predicted octanol–water partition coefficient (Wildman–Crippen LogP) is 1.67. The molecule has 0 spiro atoms.